The predicted octanol–water partition coefficient (Wildman–Crippen LogP) is 3.03. The average molecular weight is 320 g/mol. The van der Waals surface area contributed by atoms with E-state index in [0.29, 0.717) is 17.1 Å². The van der Waals surface area contributed by atoms with Gasteiger partial charge in [0.1, 0.15) is 10.8 Å². The van der Waals surface area contributed by atoms with E-state index < -0.39 is 0 Å². The van der Waals surface area contributed by atoms with Crippen LogP contribution in [0, 0.1) is 0 Å². The summed E-state index contributed by atoms with van der Waals surface area (Å²) in [5.74, 6) is 0.00484. The topological polar surface area (TPSA) is 71.1 Å². The number of hydrogen-bond acceptors (Lipinski definition) is 4. The fourth-order valence-electron chi connectivity index (χ4n) is 1.89. The molecule has 1 aromatic heterocycles. The molecule has 0 radical (unpaired) electrons. The van der Waals surface area contributed by atoms with Crippen LogP contribution in [0.15, 0.2) is 41.3 Å². The molecule has 0 unspecified atom stereocenters. The Balaban J connectivity index is 1.80. The molecular weight excluding hydrogens is 310 g/mol. The SMILES string of the molecule is O=C1CSc2ccc(NC(=O)c3cccc(Cl)n3)cc2N1. The van der Waals surface area contributed by atoms with E-state index in [-0.39, 0.29) is 22.7 Å². The molecule has 0 fully saturated rings. The minimum absolute atomic E-state index is 0.0486. The third kappa shape index (κ3) is 3.17. The normalized spacial score (nSPS) is 13.3. The molecule has 0 spiro atoms. The number of rotatable bonds is 2. The van der Waals surface area contributed by atoms with Gasteiger partial charge in [0.05, 0.1) is 11.4 Å². The standard InChI is InChI=1S/C14H10ClN3O2S/c15-12-3-1-2-9(17-12)14(20)16-8-4-5-11-10(6-8)18-13(19)7-21-11/h1-6H,7H2,(H,16,20)(H,18,19). The van der Waals surface area contributed by atoms with Crippen molar-refractivity contribution in [3.63, 3.8) is 0 Å². The Labute approximate surface area is 130 Å². The number of anilines is 2. The van der Waals surface area contributed by atoms with Crippen LogP contribution in [0.5, 0.6) is 0 Å². The molecule has 2 aromatic rings. The highest BCUT2D eigenvalue weighted by molar-refractivity contribution is 8.00. The molecular formula is C14H10ClN3O2S. The lowest BCUT2D eigenvalue weighted by Gasteiger charge is -2.17. The van der Waals surface area contributed by atoms with Crippen LogP contribution in [0.1, 0.15) is 10.5 Å². The van der Waals surface area contributed by atoms with Crippen LogP contribution >= 0.6 is 23.4 Å². The fraction of sp³-hybridized carbons (Fsp3) is 0.0714. The first-order chi connectivity index (χ1) is 10.1. The van der Waals surface area contributed by atoms with Gasteiger partial charge in [-0.15, -0.1) is 11.8 Å². The molecule has 0 saturated heterocycles. The van der Waals surface area contributed by atoms with Crippen LogP contribution in [0.4, 0.5) is 11.4 Å². The number of halogens is 1. The minimum Gasteiger partial charge on any atom is -0.324 e. The highest BCUT2D eigenvalue weighted by Crippen LogP contribution is 2.33. The highest BCUT2D eigenvalue weighted by Gasteiger charge is 2.16. The van der Waals surface area contributed by atoms with Crippen LogP contribution in [-0.4, -0.2) is 22.6 Å². The Morgan fingerprint density at radius 3 is 3.00 bits per heavy atom. The molecule has 2 amide bonds. The summed E-state index contributed by atoms with van der Waals surface area (Å²) < 4.78 is 0. The summed E-state index contributed by atoms with van der Waals surface area (Å²) in [4.78, 5) is 28.4. The van der Waals surface area contributed by atoms with Crippen molar-refractivity contribution in [2.24, 2.45) is 0 Å². The molecule has 7 heteroatoms. The van der Waals surface area contributed by atoms with Gasteiger partial charge < -0.3 is 10.6 Å². The number of nitrogens with zero attached hydrogens (tertiary/aromatic N) is 1. The van der Waals surface area contributed by atoms with Gasteiger partial charge in [-0.2, -0.15) is 0 Å². The van der Waals surface area contributed by atoms with Gasteiger partial charge in [-0.25, -0.2) is 4.98 Å². The number of hydrogen-bond donors (Lipinski definition) is 2. The number of pyridine rings is 1. The average Bonchev–Trinajstić information content (AvgIpc) is 2.46. The molecule has 0 saturated carbocycles. The van der Waals surface area contributed by atoms with Gasteiger partial charge in [0.15, 0.2) is 0 Å². The van der Waals surface area contributed by atoms with Gasteiger partial charge >= 0.3 is 0 Å². The number of amides is 2. The summed E-state index contributed by atoms with van der Waals surface area (Å²) in [6.45, 7) is 0. The molecule has 21 heavy (non-hydrogen) atoms. The van der Waals surface area contributed by atoms with Crippen molar-refractivity contribution in [3.8, 4) is 0 Å². The van der Waals surface area contributed by atoms with Crippen LogP contribution in [0.2, 0.25) is 5.15 Å². The van der Waals surface area contributed by atoms with Crippen LogP contribution < -0.4 is 10.6 Å². The fourth-order valence-corrected chi connectivity index (χ4v) is 2.84. The van der Waals surface area contributed by atoms with Crippen molar-refractivity contribution in [2.45, 2.75) is 4.90 Å². The van der Waals surface area contributed by atoms with Crippen molar-refractivity contribution in [1.29, 1.82) is 0 Å². The van der Waals surface area contributed by atoms with Crippen LogP contribution in [0.25, 0.3) is 0 Å². The molecule has 2 heterocycles. The molecule has 5 nitrogen and oxygen atoms in total. The van der Waals surface area contributed by atoms with E-state index in [1.54, 1.807) is 30.3 Å². The first-order valence-corrected chi connectivity index (χ1v) is 7.49. The van der Waals surface area contributed by atoms with Gasteiger partial charge in [-0.05, 0) is 30.3 Å². The number of nitrogens with one attached hydrogen (secondary N) is 2. The Bertz CT molecular complexity index is 736. The monoisotopic (exact) mass is 319 g/mol. The molecule has 3 rings (SSSR count). The zero-order valence-corrected chi connectivity index (χ0v) is 12.3. The lowest BCUT2D eigenvalue weighted by Crippen LogP contribution is -2.19. The van der Waals surface area contributed by atoms with E-state index in [9.17, 15) is 9.59 Å². The van der Waals surface area contributed by atoms with E-state index in [1.807, 2.05) is 6.07 Å². The van der Waals surface area contributed by atoms with Crippen LogP contribution in [-0.2, 0) is 4.79 Å². The first kappa shape index (κ1) is 13.9. The van der Waals surface area contributed by atoms with Gasteiger partial charge in [-0.3, -0.25) is 9.59 Å². The Hall–Kier alpha value is -2.05. The summed E-state index contributed by atoms with van der Waals surface area (Å²) in [5, 5.41) is 5.77. The van der Waals surface area contributed by atoms with Gasteiger partial charge in [0, 0.05) is 10.6 Å². The van der Waals surface area contributed by atoms with Crippen molar-refractivity contribution in [3.05, 3.63) is 47.2 Å². The molecule has 1 aliphatic heterocycles. The quantitative estimate of drug-likeness (QED) is 0.835. The molecule has 0 aliphatic carbocycles. The predicted molar refractivity (Wildman–Crippen MR) is 83.0 cm³/mol. The van der Waals surface area contributed by atoms with E-state index >= 15 is 0 Å². The lowest BCUT2D eigenvalue weighted by atomic mass is 10.2. The Morgan fingerprint density at radius 1 is 1.33 bits per heavy atom. The van der Waals surface area contributed by atoms with E-state index in [2.05, 4.69) is 15.6 Å². The maximum absolute atomic E-state index is 12.1. The second-order valence-electron chi connectivity index (χ2n) is 4.35. The maximum atomic E-state index is 12.1. The van der Waals surface area contributed by atoms with E-state index in [1.165, 1.54) is 11.8 Å². The van der Waals surface area contributed by atoms with Crippen molar-refractivity contribution in [1.82, 2.24) is 4.98 Å². The van der Waals surface area contributed by atoms with Crippen molar-refractivity contribution >= 4 is 46.6 Å². The third-order valence-electron chi connectivity index (χ3n) is 2.82. The van der Waals surface area contributed by atoms with E-state index in [4.69, 9.17) is 11.6 Å². The smallest absolute Gasteiger partial charge is 0.274 e. The number of aromatic nitrogens is 1. The van der Waals surface area contributed by atoms with E-state index in [0.717, 1.165) is 4.90 Å². The van der Waals surface area contributed by atoms with Gasteiger partial charge in [-0.1, -0.05) is 17.7 Å². The number of carbonyl (C=O) groups is 2. The second kappa shape index (κ2) is 5.75. The molecule has 0 atom stereocenters. The number of carbonyl (C=O) groups excluding carboxylic acids is 2. The summed E-state index contributed by atoms with van der Waals surface area (Å²) in [6, 6.07) is 10.2. The molecule has 0 bridgehead atoms. The first-order valence-electron chi connectivity index (χ1n) is 6.12. The van der Waals surface area contributed by atoms with Gasteiger partial charge in [0.2, 0.25) is 5.91 Å². The second-order valence-corrected chi connectivity index (χ2v) is 5.75. The summed E-state index contributed by atoms with van der Waals surface area (Å²) in [7, 11) is 0. The third-order valence-corrected chi connectivity index (χ3v) is 4.10. The molecule has 106 valence electrons. The number of benzene rings is 1. The Morgan fingerprint density at radius 2 is 2.19 bits per heavy atom. The van der Waals surface area contributed by atoms with Crippen molar-refractivity contribution in [2.75, 3.05) is 16.4 Å². The van der Waals surface area contributed by atoms with Crippen molar-refractivity contribution < 1.29 is 9.59 Å². The minimum atomic E-state index is -0.354. The summed E-state index contributed by atoms with van der Waals surface area (Å²) in [5.41, 5.74) is 1.52. The highest BCUT2D eigenvalue weighted by atomic mass is 35.5. The number of fused-ring (bicyclic) bond motifs is 1. The molecule has 1 aromatic carbocycles. The molecule has 2 N–H and O–H groups in total. The summed E-state index contributed by atoms with van der Waals surface area (Å²) >= 11 is 7.23. The summed E-state index contributed by atoms with van der Waals surface area (Å²) in [6.07, 6.45) is 0. The lowest BCUT2D eigenvalue weighted by molar-refractivity contribution is -0.113. The van der Waals surface area contributed by atoms with Crippen LogP contribution in [0.3, 0.4) is 0 Å². The Kier molecular flexibility index (Phi) is 3.81. The maximum Gasteiger partial charge on any atom is 0.274 e. The number of thioether (sulfide) groups is 1. The zero-order chi connectivity index (χ0) is 14.8. The molecule has 1 aliphatic rings. The zero-order valence-electron chi connectivity index (χ0n) is 10.7. The van der Waals surface area contributed by atoms with Gasteiger partial charge in [0.25, 0.3) is 5.91 Å². The largest absolute Gasteiger partial charge is 0.324 e.